The fourth-order valence-electron chi connectivity index (χ4n) is 4.42. The van der Waals surface area contributed by atoms with Crippen LogP contribution in [0.3, 0.4) is 0 Å². The van der Waals surface area contributed by atoms with E-state index in [1.54, 1.807) is 12.3 Å². The van der Waals surface area contributed by atoms with Crippen LogP contribution in [0.25, 0.3) is 39.3 Å². The summed E-state index contributed by atoms with van der Waals surface area (Å²) in [6.07, 6.45) is 15.1. The van der Waals surface area contributed by atoms with E-state index in [9.17, 15) is 0 Å². The van der Waals surface area contributed by atoms with Crippen molar-refractivity contribution in [2.75, 3.05) is 5.32 Å². The molecule has 0 unspecified atom stereocenters. The second kappa shape index (κ2) is 11.3. The van der Waals surface area contributed by atoms with E-state index in [1.807, 2.05) is 63.8 Å². The van der Waals surface area contributed by atoms with E-state index >= 15 is 0 Å². The van der Waals surface area contributed by atoms with E-state index in [0.29, 0.717) is 17.4 Å². The Labute approximate surface area is 228 Å². The monoisotopic (exact) mass is 516 g/mol. The zero-order chi connectivity index (χ0) is 27.4. The van der Waals surface area contributed by atoms with E-state index in [-0.39, 0.29) is 0 Å². The Bertz CT molecular complexity index is 1650. The normalized spacial score (nSPS) is 13.1. The maximum Gasteiger partial charge on any atom is 0.181 e. The lowest BCUT2D eigenvalue weighted by Crippen LogP contribution is -2.00. The van der Waals surface area contributed by atoms with Gasteiger partial charge in [0.2, 0.25) is 0 Å². The number of fused-ring (bicyclic) bond motifs is 1. The fourth-order valence-corrected chi connectivity index (χ4v) is 4.42. The second-order valence-electron chi connectivity index (χ2n) is 9.20. The maximum absolute atomic E-state index is 4.94. The third-order valence-corrected chi connectivity index (χ3v) is 6.49. The number of hydrogen-bond donors (Lipinski definition) is 3. The van der Waals surface area contributed by atoms with Crippen molar-refractivity contribution in [3.8, 4) is 22.6 Å². The third kappa shape index (κ3) is 5.40. The minimum Gasteiger partial charge on any atom is -0.358 e. The molecule has 8 nitrogen and oxygen atoms in total. The molecular formula is C31H32N8. The first-order valence-corrected chi connectivity index (χ1v) is 13.2. The highest BCUT2D eigenvalue weighted by atomic mass is 15.2. The molecule has 1 fully saturated rings. The van der Waals surface area contributed by atoms with Crippen LogP contribution < -0.4 is 5.32 Å². The Morgan fingerprint density at radius 1 is 1.08 bits per heavy atom. The lowest BCUT2D eigenvalue weighted by molar-refractivity contribution is 1.02. The number of hydrogen-bond acceptors (Lipinski definition) is 6. The molecule has 196 valence electrons. The van der Waals surface area contributed by atoms with Gasteiger partial charge in [0.25, 0.3) is 0 Å². The minimum absolute atomic E-state index is 0.566. The SMILES string of the molecule is C=C/C=C(/c1cccnc1)c1nc(-c2[nH]nc3ncc(-c4cncc(NC(=C)C5CC5)c4)cc23)[nH]c1C.CC. The third-order valence-electron chi connectivity index (χ3n) is 6.49. The quantitative estimate of drug-likeness (QED) is 0.190. The first kappa shape index (κ1) is 25.8. The molecule has 5 aromatic heterocycles. The van der Waals surface area contributed by atoms with Gasteiger partial charge < -0.3 is 10.3 Å². The molecule has 1 saturated carbocycles. The van der Waals surface area contributed by atoms with Crippen LogP contribution in [-0.2, 0) is 0 Å². The Morgan fingerprint density at radius 2 is 1.90 bits per heavy atom. The largest absolute Gasteiger partial charge is 0.358 e. The summed E-state index contributed by atoms with van der Waals surface area (Å²) in [5, 5.41) is 11.8. The molecule has 0 bridgehead atoms. The van der Waals surface area contributed by atoms with Crippen LogP contribution >= 0.6 is 0 Å². The van der Waals surface area contributed by atoms with Gasteiger partial charge in [-0.2, -0.15) is 5.10 Å². The van der Waals surface area contributed by atoms with Crippen LogP contribution in [0.1, 0.15) is 43.6 Å². The summed E-state index contributed by atoms with van der Waals surface area (Å²) in [7, 11) is 0. The minimum atomic E-state index is 0.566. The van der Waals surface area contributed by atoms with Gasteiger partial charge in [-0.15, -0.1) is 0 Å². The smallest absolute Gasteiger partial charge is 0.181 e. The van der Waals surface area contributed by atoms with Gasteiger partial charge in [-0.25, -0.2) is 9.97 Å². The summed E-state index contributed by atoms with van der Waals surface area (Å²) in [5.41, 5.74) is 8.91. The van der Waals surface area contributed by atoms with Gasteiger partial charge in [-0.05, 0) is 43.9 Å². The molecule has 1 aliphatic rings. The fraction of sp³-hybridized carbons (Fsp3) is 0.194. The van der Waals surface area contributed by atoms with Crippen LogP contribution in [0.5, 0.6) is 0 Å². The van der Waals surface area contributed by atoms with Gasteiger partial charge in [0.05, 0.1) is 23.0 Å². The Kier molecular flexibility index (Phi) is 7.45. The molecule has 5 heterocycles. The van der Waals surface area contributed by atoms with Gasteiger partial charge in [0, 0.05) is 58.4 Å². The molecule has 0 atom stereocenters. The Morgan fingerprint density at radius 3 is 2.64 bits per heavy atom. The van der Waals surface area contributed by atoms with Crippen molar-refractivity contribution >= 4 is 22.3 Å². The molecule has 0 saturated heterocycles. The highest BCUT2D eigenvalue weighted by Gasteiger charge is 2.24. The van der Waals surface area contributed by atoms with Crippen LogP contribution in [0.2, 0.25) is 0 Å². The van der Waals surface area contributed by atoms with E-state index in [0.717, 1.165) is 56.1 Å². The summed E-state index contributed by atoms with van der Waals surface area (Å²) in [6.45, 7) is 14.0. The van der Waals surface area contributed by atoms with Crippen molar-refractivity contribution in [3.05, 3.63) is 103 Å². The van der Waals surface area contributed by atoms with Crippen molar-refractivity contribution in [2.45, 2.75) is 33.6 Å². The van der Waals surface area contributed by atoms with Crippen molar-refractivity contribution in [1.29, 1.82) is 0 Å². The van der Waals surface area contributed by atoms with Crippen LogP contribution in [-0.4, -0.2) is 35.1 Å². The molecule has 0 aromatic carbocycles. The molecule has 5 aromatic rings. The van der Waals surface area contributed by atoms with E-state index in [4.69, 9.17) is 4.98 Å². The summed E-state index contributed by atoms with van der Waals surface area (Å²) < 4.78 is 0. The lowest BCUT2D eigenvalue weighted by atomic mass is 10.0. The molecule has 0 radical (unpaired) electrons. The number of nitrogens with zero attached hydrogens (tertiary/aromatic N) is 5. The number of H-pyrrole nitrogens is 2. The molecule has 0 amide bonds. The van der Waals surface area contributed by atoms with Gasteiger partial charge in [0.15, 0.2) is 11.5 Å². The number of nitrogens with one attached hydrogen (secondary N) is 3. The van der Waals surface area contributed by atoms with E-state index < -0.39 is 0 Å². The number of imidazole rings is 1. The molecule has 1 aliphatic carbocycles. The van der Waals surface area contributed by atoms with Gasteiger partial charge in [-0.3, -0.25) is 15.1 Å². The first-order valence-electron chi connectivity index (χ1n) is 13.2. The molecular weight excluding hydrogens is 484 g/mol. The van der Waals surface area contributed by atoms with E-state index in [2.05, 4.69) is 60.7 Å². The van der Waals surface area contributed by atoms with Gasteiger partial charge in [0.1, 0.15) is 5.69 Å². The standard InChI is InChI=1S/C29H26N8.C2H6/c1-4-6-24(20-7-5-10-30-13-20)26-18(3)34-29(35-26)27-25-12-22(15-32-28(25)37-36-27)21-11-23(16-31-14-21)33-17(2)19-8-9-19;1-2/h4-7,10-16,19,33H,1-2,8-9H2,3H3,(H,34,35)(H,32,36,37);1-2H3/b24-6-;. The van der Waals surface area contributed by atoms with Crippen LogP contribution in [0.15, 0.2) is 86.3 Å². The average Bonchev–Trinajstić information content (AvgIpc) is 3.65. The first-order chi connectivity index (χ1) is 19.1. The van der Waals surface area contributed by atoms with Crippen molar-refractivity contribution in [3.63, 3.8) is 0 Å². The van der Waals surface area contributed by atoms with Crippen LogP contribution in [0, 0.1) is 12.8 Å². The number of rotatable bonds is 8. The number of aryl methyl sites for hydroxylation is 1. The zero-order valence-corrected chi connectivity index (χ0v) is 22.5. The second-order valence-corrected chi connectivity index (χ2v) is 9.20. The molecule has 39 heavy (non-hydrogen) atoms. The van der Waals surface area contributed by atoms with Crippen LogP contribution in [0.4, 0.5) is 5.69 Å². The predicted molar refractivity (Wildman–Crippen MR) is 158 cm³/mol. The van der Waals surface area contributed by atoms with Gasteiger partial charge >= 0.3 is 0 Å². The summed E-state index contributed by atoms with van der Waals surface area (Å²) in [6, 6.07) is 8.05. The molecule has 0 aliphatic heterocycles. The number of aromatic amines is 2. The topological polar surface area (TPSA) is 108 Å². The predicted octanol–water partition coefficient (Wildman–Crippen LogP) is 7.09. The lowest BCUT2D eigenvalue weighted by Gasteiger charge is -2.09. The number of pyridine rings is 3. The van der Waals surface area contributed by atoms with Crippen molar-refractivity contribution in [1.82, 2.24) is 35.1 Å². The molecule has 8 heteroatoms. The zero-order valence-electron chi connectivity index (χ0n) is 22.5. The Hall–Kier alpha value is -4.85. The summed E-state index contributed by atoms with van der Waals surface area (Å²) >= 11 is 0. The number of anilines is 1. The summed E-state index contributed by atoms with van der Waals surface area (Å²) in [5.74, 6) is 1.25. The van der Waals surface area contributed by atoms with Crippen molar-refractivity contribution < 1.29 is 0 Å². The highest BCUT2D eigenvalue weighted by Crippen LogP contribution is 2.36. The maximum atomic E-state index is 4.94. The molecule has 0 spiro atoms. The average molecular weight is 517 g/mol. The molecule has 3 N–H and O–H groups in total. The van der Waals surface area contributed by atoms with Crippen molar-refractivity contribution in [2.24, 2.45) is 5.92 Å². The number of allylic oxidation sites excluding steroid dienone is 3. The number of aromatic nitrogens is 7. The van der Waals surface area contributed by atoms with Gasteiger partial charge in [-0.1, -0.05) is 45.2 Å². The van der Waals surface area contributed by atoms with E-state index in [1.165, 1.54) is 12.8 Å². The highest BCUT2D eigenvalue weighted by molar-refractivity contribution is 5.92. The summed E-state index contributed by atoms with van der Waals surface area (Å²) in [4.78, 5) is 21.6. The molecule has 6 rings (SSSR count). The Balaban J connectivity index is 0.00000151.